The summed E-state index contributed by atoms with van der Waals surface area (Å²) >= 11 is 0. The molecular formula is C15H12N2. The van der Waals surface area contributed by atoms with Gasteiger partial charge >= 0.3 is 0 Å². The fourth-order valence-corrected chi connectivity index (χ4v) is 1.89. The number of hydrogen-bond acceptors (Lipinski definition) is 1. The van der Waals surface area contributed by atoms with Crippen LogP contribution in [0.5, 0.6) is 0 Å². The number of rotatable bonds is 2. The molecule has 0 fully saturated rings. The zero-order chi connectivity index (χ0) is 11.5. The van der Waals surface area contributed by atoms with E-state index in [-0.39, 0.29) is 0 Å². The van der Waals surface area contributed by atoms with E-state index in [0.717, 1.165) is 11.3 Å². The lowest BCUT2D eigenvalue weighted by atomic mass is 10.0. The van der Waals surface area contributed by atoms with Gasteiger partial charge in [-0.05, 0) is 17.2 Å². The Balaban J connectivity index is 1.96. The van der Waals surface area contributed by atoms with Gasteiger partial charge in [0, 0.05) is 11.8 Å². The van der Waals surface area contributed by atoms with Crippen LogP contribution in [0.25, 0.3) is 22.4 Å². The first-order chi connectivity index (χ1) is 8.43. The van der Waals surface area contributed by atoms with Crippen molar-refractivity contribution in [3.05, 3.63) is 66.9 Å². The third-order valence-electron chi connectivity index (χ3n) is 2.79. The van der Waals surface area contributed by atoms with Crippen molar-refractivity contribution in [2.75, 3.05) is 0 Å². The van der Waals surface area contributed by atoms with Crippen molar-refractivity contribution in [3.63, 3.8) is 0 Å². The van der Waals surface area contributed by atoms with Gasteiger partial charge in [0.15, 0.2) is 0 Å². The maximum atomic E-state index is 4.16. The standard InChI is InChI=1S/C15H12N2/c1-2-4-12(5-3-1)13-6-8-14(9-7-13)15-10-11-16-17-15/h1-11H,(H,16,17). The highest BCUT2D eigenvalue weighted by Gasteiger charge is 2.00. The Kier molecular flexibility index (Phi) is 2.47. The van der Waals surface area contributed by atoms with Crippen LogP contribution in [0.2, 0.25) is 0 Å². The van der Waals surface area contributed by atoms with Gasteiger partial charge in [0.05, 0.1) is 5.69 Å². The molecular weight excluding hydrogens is 208 g/mol. The van der Waals surface area contributed by atoms with E-state index >= 15 is 0 Å². The second kappa shape index (κ2) is 4.26. The SMILES string of the molecule is c1ccc(-c2ccc(-c3cc[nH]n3)cc2)cc1. The molecule has 0 aliphatic rings. The molecule has 0 radical (unpaired) electrons. The second-order valence-corrected chi connectivity index (χ2v) is 3.90. The Morgan fingerprint density at radius 3 is 1.94 bits per heavy atom. The molecule has 0 aliphatic carbocycles. The number of aromatic amines is 1. The quantitative estimate of drug-likeness (QED) is 0.700. The highest BCUT2D eigenvalue weighted by Crippen LogP contribution is 2.23. The highest BCUT2D eigenvalue weighted by molar-refractivity contribution is 5.68. The van der Waals surface area contributed by atoms with E-state index in [1.807, 2.05) is 18.3 Å². The summed E-state index contributed by atoms with van der Waals surface area (Å²) in [4.78, 5) is 0. The first kappa shape index (κ1) is 9.85. The molecule has 82 valence electrons. The van der Waals surface area contributed by atoms with Crippen molar-refractivity contribution in [1.82, 2.24) is 10.2 Å². The Hall–Kier alpha value is -2.35. The minimum absolute atomic E-state index is 0.976. The van der Waals surface area contributed by atoms with Crippen LogP contribution in [0.4, 0.5) is 0 Å². The summed E-state index contributed by atoms with van der Waals surface area (Å²) < 4.78 is 0. The molecule has 1 heterocycles. The van der Waals surface area contributed by atoms with E-state index in [9.17, 15) is 0 Å². The summed E-state index contributed by atoms with van der Waals surface area (Å²) in [5.41, 5.74) is 4.57. The van der Waals surface area contributed by atoms with Crippen LogP contribution in [-0.2, 0) is 0 Å². The average Bonchev–Trinajstić information content (AvgIpc) is 2.94. The number of aromatic nitrogens is 2. The maximum absolute atomic E-state index is 4.16. The maximum Gasteiger partial charge on any atom is 0.0920 e. The number of H-pyrrole nitrogens is 1. The summed E-state index contributed by atoms with van der Waals surface area (Å²) in [6.07, 6.45) is 1.83. The van der Waals surface area contributed by atoms with Crippen molar-refractivity contribution in [2.24, 2.45) is 0 Å². The van der Waals surface area contributed by atoms with Gasteiger partial charge in [-0.15, -0.1) is 0 Å². The molecule has 0 spiro atoms. The summed E-state index contributed by atoms with van der Waals surface area (Å²) in [5.74, 6) is 0. The topological polar surface area (TPSA) is 28.7 Å². The molecule has 2 aromatic carbocycles. The van der Waals surface area contributed by atoms with Crippen LogP contribution < -0.4 is 0 Å². The third kappa shape index (κ3) is 1.97. The molecule has 0 atom stereocenters. The number of hydrogen-bond donors (Lipinski definition) is 1. The highest BCUT2D eigenvalue weighted by atomic mass is 15.1. The fourth-order valence-electron chi connectivity index (χ4n) is 1.89. The molecule has 0 saturated heterocycles. The zero-order valence-electron chi connectivity index (χ0n) is 9.30. The molecule has 1 aromatic heterocycles. The van der Waals surface area contributed by atoms with Crippen LogP contribution in [-0.4, -0.2) is 10.2 Å². The van der Waals surface area contributed by atoms with Gasteiger partial charge in [0.25, 0.3) is 0 Å². The fraction of sp³-hybridized carbons (Fsp3) is 0. The van der Waals surface area contributed by atoms with Gasteiger partial charge in [-0.2, -0.15) is 5.10 Å². The van der Waals surface area contributed by atoms with Gasteiger partial charge in [0.2, 0.25) is 0 Å². The van der Waals surface area contributed by atoms with E-state index in [1.54, 1.807) is 0 Å². The monoisotopic (exact) mass is 220 g/mol. The lowest BCUT2D eigenvalue weighted by Gasteiger charge is -2.02. The molecule has 2 heteroatoms. The predicted octanol–water partition coefficient (Wildman–Crippen LogP) is 3.74. The minimum Gasteiger partial charge on any atom is -0.285 e. The molecule has 0 bridgehead atoms. The Labute approximate surface area is 99.9 Å². The second-order valence-electron chi connectivity index (χ2n) is 3.90. The molecule has 2 nitrogen and oxygen atoms in total. The summed E-state index contributed by atoms with van der Waals surface area (Å²) in [6.45, 7) is 0. The molecule has 1 N–H and O–H groups in total. The molecule has 0 amide bonds. The van der Waals surface area contributed by atoms with Crippen molar-refractivity contribution in [3.8, 4) is 22.4 Å². The van der Waals surface area contributed by atoms with E-state index in [0.29, 0.717) is 0 Å². The Morgan fingerprint density at radius 1 is 0.647 bits per heavy atom. The van der Waals surface area contributed by atoms with Crippen LogP contribution >= 0.6 is 0 Å². The molecule has 3 rings (SSSR count). The average molecular weight is 220 g/mol. The van der Waals surface area contributed by atoms with Crippen molar-refractivity contribution in [1.29, 1.82) is 0 Å². The lowest BCUT2D eigenvalue weighted by molar-refractivity contribution is 1.10. The van der Waals surface area contributed by atoms with Gasteiger partial charge in [-0.25, -0.2) is 0 Å². The van der Waals surface area contributed by atoms with E-state index in [4.69, 9.17) is 0 Å². The van der Waals surface area contributed by atoms with Gasteiger partial charge in [-0.3, -0.25) is 5.10 Å². The summed E-state index contributed by atoms with van der Waals surface area (Å²) in [7, 11) is 0. The summed E-state index contributed by atoms with van der Waals surface area (Å²) in [6, 6.07) is 20.8. The minimum atomic E-state index is 0.976. The van der Waals surface area contributed by atoms with Crippen molar-refractivity contribution < 1.29 is 0 Å². The number of nitrogens with one attached hydrogen (secondary N) is 1. The number of nitrogens with zero attached hydrogens (tertiary/aromatic N) is 1. The van der Waals surface area contributed by atoms with Gasteiger partial charge in [0.1, 0.15) is 0 Å². The molecule has 0 saturated carbocycles. The van der Waals surface area contributed by atoms with E-state index in [1.165, 1.54) is 11.1 Å². The number of benzene rings is 2. The lowest BCUT2D eigenvalue weighted by Crippen LogP contribution is -1.80. The third-order valence-corrected chi connectivity index (χ3v) is 2.79. The largest absolute Gasteiger partial charge is 0.285 e. The molecule has 3 aromatic rings. The Bertz CT molecular complexity index is 581. The first-order valence-electron chi connectivity index (χ1n) is 5.59. The zero-order valence-corrected chi connectivity index (χ0v) is 9.30. The van der Waals surface area contributed by atoms with Gasteiger partial charge < -0.3 is 0 Å². The Morgan fingerprint density at radius 2 is 1.29 bits per heavy atom. The van der Waals surface area contributed by atoms with E-state index < -0.39 is 0 Å². The predicted molar refractivity (Wildman–Crippen MR) is 69.5 cm³/mol. The van der Waals surface area contributed by atoms with Crippen LogP contribution in [0, 0.1) is 0 Å². The van der Waals surface area contributed by atoms with E-state index in [2.05, 4.69) is 58.7 Å². The normalized spacial score (nSPS) is 10.4. The first-order valence-corrected chi connectivity index (χ1v) is 5.59. The molecule has 17 heavy (non-hydrogen) atoms. The van der Waals surface area contributed by atoms with Crippen molar-refractivity contribution >= 4 is 0 Å². The van der Waals surface area contributed by atoms with Crippen LogP contribution in [0.3, 0.4) is 0 Å². The smallest absolute Gasteiger partial charge is 0.0920 e. The molecule has 0 aliphatic heterocycles. The van der Waals surface area contributed by atoms with Crippen LogP contribution in [0.1, 0.15) is 0 Å². The van der Waals surface area contributed by atoms with Gasteiger partial charge in [-0.1, -0.05) is 54.6 Å². The molecule has 0 unspecified atom stereocenters. The summed E-state index contributed by atoms with van der Waals surface area (Å²) in [5, 5.41) is 6.99. The van der Waals surface area contributed by atoms with Crippen LogP contribution in [0.15, 0.2) is 66.9 Å². The van der Waals surface area contributed by atoms with Crippen molar-refractivity contribution in [2.45, 2.75) is 0 Å².